The maximum Gasteiger partial charge on any atom is 0.407 e. The van der Waals surface area contributed by atoms with Gasteiger partial charge in [0, 0.05) is 0 Å². The molecule has 0 spiro atoms. The number of alkyl halides is 2. The van der Waals surface area contributed by atoms with Crippen molar-refractivity contribution in [3.63, 3.8) is 0 Å². The highest BCUT2D eigenvalue weighted by atomic mass is 35.5. The maximum atomic E-state index is 6.65. The molecule has 0 saturated carbocycles. The summed E-state index contributed by atoms with van der Waals surface area (Å²) in [5.74, 6) is 0.473. The highest BCUT2D eigenvalue weighted by molar-refractivity contribution is 6.92. The molecule has 29 heavy (non-hydrogen) atoms. The van der Waals surface area contributed by atoms with Crippen molar-refractivity contribution in [3.05, 3.63) is 86.3 Å². The topological polar surface area (TPSA) is 36.9 Å². The molecular weight excluding hydrogens is 427 g/mol. The smallest absolute Gasteiger partial charge is 0.407 e. The van der Waals surface area contributed by atoms with E-state index in [0.717, 1.165) is 10.4 Å². The summed E-state index contributed by atoms with van der Waals surface area (Å²) in [4.78, 5) is 0. The summed E-state index contributed by atoms with van der Waals surface area (Å²) < 4.78 is 24.0. The van der Waals surface area contributed by atoms with Crippen LogP contribution in [-0.4, -0.2) is 45.7 Å². The second kappa shape index (κ2) is 12.7. The van der Waals surface area contributed by atoms with Gasteiger partial charge in [0.2, 0.25) is 0 Å². The zero-order chi connectivity index (χ0) is 21.0. The molecule has 2 unspecified atom stereocenters. The van der Waals surface area contributed by atoms with Crippen molar-refractivity contribution >= 4 is 42.1 Å². The predicted molar refractivity (Wildman–Crippen MR) is 121 cm³/mol. The van der Waals surface area contributed by atoms with Crippen LogP contribution in [0.15, 0.2) is 86.3 Å². The molecule has 0 saturated heterocycles. The molecule has 0 aliphatic carbocycles. The van der Waals surface area contributed by atoms with Crippen LogP contribution in [0.4, 0.5) is 0 Å². The monoisotopic (exact) mass is 452 g/mol. The molecule has 2 atom stereocenters. The lowest BCUT2D eigenvalue weighted by Crippen LogP contribution is -2.67. The molecule has 156 valence electrons. The minimum atomic E-state index is -3.21. The average Bonchev–Trinajstić information content (AvgIpc) is 2.79. The van der Waals surface area contributed by atoms with Crippen LogP contribution in [-0.2, 0) is 18.3 Å². The third-order valence-electron chi connectivity index (χ3n) is 4.12. The Hall–Kier alpha value is -1.76. The van der Waals surface area contributed by atoms with E-state index >= 15 is 0 Å². The minimum Gasteiger partial charge on any atom is -0.499 e. The number of ether oxygens (including phenoxy) is 2. The molecule has 0 N–H and O–H groups in total. The molecule has 0 fully saturated rings. The van der Waals surface area contributed by atoms with Gasteiger partial charge in [0.25, 0.3) is 0 Å². The lowest BCUT2D eigenvalue weighted by molar-refractivity contribution is 0.0494. The molecule has 0 bridgehead atoms. The quantitative estimate of drug-likeness (QED) is 0.248. The highest BCUT2D eigenvalue weighted by Crippen LogP contribution is 2.17. The molecular formula is C22H26Cl2O4Si. The summed E-state index contributed by atoms with van der Waals surface area (Å²) in [6.07, 6.45) is 1.94. The molecule has 2 aromatic rings. The lowest BCUT2D eigenvalue weighted by atomic mass is 10.4. The average molecular weight is 453 g/mol. The van der Waals surface area contributed by atoms with Crippen molar-refractivity contribution in [3.8, 4) is 0 Å². The summed E-state index contributed by atoms with van der Waals surface area (Å²) >= 11 is 12.4. The summed E-state index contributed by atoms with van der Waals surface area (Å²) in [5.41, 5.74) is 0. The molecule has 0 amide bonds. The first-order valence-electron chi connectivity index (χ1n) is 9.23. The van der Waals surface area contributed by atoms with Gasteiger partial charge in [-0.05, 0) is 10.4 Å². The Morgan fingerprint density at radius 2 is 1.10 bits per heavy atom. The molecule has 0 heterocycles. The van der Waals surface area contributed by atoms with Crippen molar-refractivity contribution in [1.82, 2.24) is 0 Å². The van der Waals surface area contributed by atoms with Crippen LogP contribution in [0, 0.1) is 0 Å². The molecule has 0 aliphatic heterocycles. The van der Waals surface area contributed by atoms with Crippen LogP contribution in [0.2, 0.25) is 0 Å². The van der Waals surface area contributed by atoms with E-state index in [2.05, 4.69) is 13.2 Å². The molecule has 0 radical (unpaired) electrons. The van der Waals surface area contributed by atoms with E-state index in [4.69, 9.17) is 41.5 Å². The van der Waals surface area contributed by atoms with Crippen LogP contribution in [0.25, 0.3) is 0 Å². The van der Waals surface area contributed by atoms with Gasteiger partial charge in [0.05, 0.1) is 36.5 Å². The number of rotatable bonds is 14. The maximum absolute atomic E-state index is 6.65. The second-order valence-electron chi connectivity index (χ2n) is 6.14. The molecule has 2 rings (SSSR count). The van der Waals surface area contributed by atoms with E-state index < -0.39 is 20.8 Å². The largest absolute Gasteiger partial charge is 0.499 e. The van der Waals surface area contributed by atoms with Crippen molar-refractivity contribution in [1.29, 1.82) is 0 Å². The summed E-state index contributed by atoms with van der Waals surface area (Å²) in [7, 11) is -3.21. The van der Waals surface area contributed by atoms with Crippen molar-refractivity contribution in [2.45, 2.75) is 12.2 Å². The van der Waals surface area contributed by atoms with Crippen molar-refractivity contribution in [2.75, 3.05) is 25.0 Å². The number of hydrogen-bond donors (Lipinski definition) is 0. The van der Waals surface area contributed by atoms with E-state index in [0.29, 0.717) is 0 Å². The van der Waals surface area contributed by atoms with Gasteiger partial charge >= 0.3 is 8.56 Å². The van der Waals surface area contributed by atoms with E-state index in [1.54, 1.807) is 0 Å². The fourth-order valence-corrected chi connectivity index (χ4v) is 6.77. The summed E-state index contributed by atoms with van der Waals surface area (Å²) in [6, 6.07) is 19.7. The van der Waals surface area contributed by atoms with Crippen LogP contribution >= 0.6 is 23.2 Å². The Kier molecular flexibility index (Phi) is 10.3. The fraction of sp³-hybridized carbons (Fsp3) is 0.273. The van der Waals surface area contributed by atoms with Crippen LogP contribution < -0.4 is 10.4 Å². The first-order chi connectivity index (χ1) is 14.2. The Morgan fingerprint density at radius 3 is 1.41 bits per heavy atom. The SMILES string of the molecule is C=COCC(CCl)O[Si](OC(CCl)COC=C)(c1ccccc1)c1ccccc1. The number of benzene rings is 2. The predicted octanol–water partition coefficient (Wildman–Crippen LogP) is 3.81. The van der Waals surface area contributed by atoms with Crippen LogP contribution in [0.5, 0.6) is 0 Å². The van der Waals surface area contributed by atoms with E-state index in [1.165, 1.54) is 12.5 Å². The van der Waals surface area contributed by atoms with Gasteiger partial charge in [-0.3, -0.25) is 0 Å². The zero-order valence-electron chi connectivity index (χ0n) is 16.2. The van der Waals surface area contributed by atoms with Gasteiger partial charge in [0.15, 0.2) is 0 Å². The second-order valence-corrected chi connectivity index (χ2v) is 9.61. The van der Waals surface area contributed by atoms with Gasteiger partial charge in [0.1, 0.15) is 13.2 Å². The number of halogens is 2. The Morgan fingerprint density at radius 1 is 0.724 bits per heavy atom. The Labute approximate surface area is 183 Å². The summed E-state index contributed by atoms with van der Waals surface area (Å²) in [6.45, 7) is 7.71. The van der Waals surface area contributed by atoms with E-state index in [1.807, 2.05) is 60.7 Å². The van der Waals surface area contributed by atoms with Crippen molar-refractivity contribution < 1.29 is 18.3 Å². The van der Waals surface area contributed by atoms with Crippen molar-refractivity contribution in [2.24, 2.45) is 0 Å². The third-order valence-corrected chi connectivity index (χ3v) is 8.32. The van der Waals surface area contributed by atoms with E-state index in [9.17, 15) is 0 Å². The lowest BCUT2D eigenvalue weighted by Gasteiger charge is -2.37. The van der Waals surface area contributed by atoms with Gasteiger partial charge in [-0.1, -0.05) is 73.8 Å². The zero-order valence-corrected chi connectivity index (χ0v) is 18.7. The van der Waals surface area contributed by atoms with Gasteiger partial charge in [-0.15, -0.1) is 23.2 Å². The molecule has 7 heteroatoms. The fourth-order valence-electron chi connectivity index (χ4n) is 2.82. The Bertz CT molecular complexity index is 667. The normalized spacial score (nSPS) is 13.3. The standard InChI is InChI=1S/C22H26Cl2O4Si/c1-3-25-17-19(15-23)27-29(21-11-7-5-8-12-21,22-13-9-6-10-14-22)28-20(16-24)18-26-4-2/h3-14,19-20H,1-2,15-18H2. The first kappa shape index (κ1) is 23.5. The highest BCUT2D eigenvalue weighted by Gasteiger charge is 2.46. The van der Waals surface area contributed by atoms with Gasteiger partial charge in [-0.2, -0.15) is 0 Å². The molecule has 4 nitrogen and oxygen atoms in total. The molecule has 2 aromatic carbocycles. The first-order valence-corrected chi connectivity index (χ1v) is 12.1. The summed E-state index contributed by atoms with van der Waals surface area (Å²) in [5, 5.41) is 1.88. The Balaban J connectivity index is 2.54. The molecule has 0 aromatic heterocycles. The van der Waals surface area contributed by atoms with Gasteiger partial charge in [-0.25, -0.2) is 0 Å². The van der Waals surface area contributed by atoms with Gasteiger partial charge < -0.3 is 18.3 Å². The van der Waals surface area contributed by atoms with E-state index in [-0.39, 0.29) is 25.0 Å². The minimum absolute atomic E-state index is 0.236. The number of hydrogen-bond acceptors (Lipinski definition) is 4. The van der Waals surface area contributed by atoms with Crippen LogP contribution in [0.3, 0.4) is 0 Å². The third kappa shape index (κ3) is 6.62. The molecule has 0 aliphatic rings. The van der Waals surface area contributed by atoms with Crippen LogP contribution in [0.1, 0.15) is 0 Å².